The Kier molecular flexibility index (Phi) is 1.99. The largest absolute Gasteiger partial charge is 0.493 e. The molecule has 0 saturated carbocycles. The van der Waals surface area contributed by atoms with E-state index in [4.69, 9.17) is 10.5 Å². The number of benzene rings is 1. The molecule has 2 N–H and O–H groups in total. The molecule has 15 heavy (non-hydrogen) atoms. The molecule has 0 saturated heterocycles. The zero-order chi connectivity index (χ0) is 10.4. The summed E-state index contributed by atoms with van der Waals surface area (Å²) < 4.78 is 5.61. The summed E-state index contributed by atoms with van der Waals surface area (Å²) in [4.78, 5) is 0. The first kappa shape index (κ1) is 9.22. The summed E-state index contributed by atoms with van der Waals surface area (Å²) in [6, 6.07) is 4.36. The molecule has 3 rings (SSSR count). The van der Waals surface area contributed by atoms with E-state index in [1.807, 2.05) is 0 Å². The van der Waals surface area contributed by atoms with Crippen molar-refractivity contribution in [3.05, 3.63) is 28.8 Å². The Balaban J connectivity index is 2.15. The molecule has 2 nitrogen and oxygen atoms in total. The molecule has 1 aliphatic carbocycles. The highest BCUT2D eigenvalue weighted by atomic mass is 16.5. The summed E-state index contributed by atoms with van der Waals surface area (Å²) in [5, 5.41) is 0. The molecule has 0 radical (unpaired) electrons. The van der Waals surface area contributed by atoms with Gasteiger partial charge in [0, 0.05) is 12.0 Å². The quantitative estimate of drug-likeness (QED) is 0.756. The third-order valence-corrected chi connectivity index (χ3v) is 3.87. The van der Waals surface area contributed by atoms with Crippen LogP contribution in [0.5, 0.6) is 5.75 Å². The van der Waals surface area contributed by atoms with E-state index < -0.39 is 0 Å². The Labute approximate surface area is 90.4 Å². The van der Waals surface area contributed by atoms with Crippen LogP contribution in [0.15, 0.2) is 12.1 Å². The third kappa shape index (κ3) is 1.21. The zero-order valence-corrected chi connectivity index (χ0v) is 9.12. The van der Waals surface area contributed by atoms with Crippen LogP contribution < -0.4 is 10.5 Å². The molecule has 2 aliphatic rings. The van der Waals surface area contributed by atoms with Crippen LogP contribution >= 0.6 is 0 Å². The van der Waals surface area contributed by atoms with Crippen molar-refractivity contribution in [1.82, 2.24) is 0 Å². The summed E-state index contributed by atoms with van der Waals surface area (Å²) in [6.07, 6.45) is 2.26. The van der Waals surface area contributed by atoms with Gasteiger partial charge in [-0.15, -0.1) is 0 Å². The molecule has 1 unspecified atom stereocenters. The molecular weight excluding hydrogens is 186 g/mol. The highest BCUT2D eigenvalue weighted by Gasteiger charge is 2.33. The maximum Gasteiger partial charge on any atom is 0.122 e. The Morgan fingerprint density at radius 1 is 1.47 bits per heavy atom. The zero-order valence-electron chi connectivity index (χ0n) is 9.12. The molecule has 2 atom stereocenters. The highest BCUT2D eigenvalue weighted by molar-refractivity contribution is 5.51. The predicted octanol–water partition coefficient (Wildman–Crippen LogP) is 1.86. The van der Waals surface area contributed by atoms with Crippen molar-refractivity contribution in [2.45, 2.75) is 25.7 Å². The van der Waals surface area contributed by atoms with Gasteiger partial charge in [0.15, 0.2) is 0 Å². The van der Waals surface area contributed by atoms with Gasteiger partial charge >= 0.3 is 0 Å². The smallest absolute Gasteiger partial charge is 0.122 e. The van der Waals surface area contributed by atoms with Crippen molar-refractivity contribution in [3.63, 3.8) is 0 Å². The second-order valence-electron chi connectivity index (χ2n) is 4.74. The van der Waals surface area contributed by atoms with Gasteiger partial charge in [-0.05, 0) is 42.0 Å². The van der Waals surface area contributed by atoms with E-state index in [0.717, 1.165) is 25.3 Å². The van der Waals surface area contributed by atoms with Gasteiger partial charge in [0.2, 0.25) is 0 Å². The molecule has 0 fully saturated rings. The van der Waals surface area contributed by atoms with Gasteiger partial charge in [-0.2, -0.15) is 0 Å². The molecule has 0 spiro atoms. The summed E-state index contributed by atoms with van der Waals surface area (Å²) in [6.45, 7) is 3.92. The Morgan fingerprint density at radius 2 is 2.33 bits per heavy atom. The number of rotatable bonds is 1. The lowest BCUT2D eigenvalue weighted by atomic mass is 9.90. The summed E-state index contributed by atoms with van der Waals surface area (Å²) in [5.74, 6) is 2.34. The molecule has 0 bridgehead atoms. The van der Waals surface area contributed by atoms with E-state index in [0.29, 0.717) is 11.8 Å². The predicted molar refractivity (Wildman–Crippen MR) is 60.3 cm³/mol. The van der Waals surface area contributed by atoms with E-state index in [2.05, 4.69) is 19.1 Å². The Hall–Kier alpha value is -1.02. The van der Waals surface area contributed by atoms with Crippen LogP contribution in [0.1, 0.15) is 29.5 Å². The minimum atomic E-state index is 0.552. The van der Waals surface area contributed by atoms with Crippen molar-refractivity contribution < 1.29 is 4.74 Å². The second-order valence-corrected chi connectivity index (χ2v) is 4.74. The second kappa shape index (κ2) is 3.24. The normalized spacial score (nSPS) is 27.3. The van der Waals surface area contributed by atoms with Crippen LogP contribution in [0.4, 0.5) is 0 Å². The summed E-state index contributed by atoms with van der Waals surface area (Å²) in [5.41, 5.74) is 10.3. The van der Waals surface area contributed by atoms with Gasteiger partial charge in [0.1, 0.15) is 5.75 Å². The van der Waals surface area contributed by atoms with E-state index in [1.165, 1.54) is 23.1 Å². The summed E-state index contributed by atoms with van der Waals surface area (Å²) in [7, 11) is 0. The molecular formula is C13H17NO. The molecule has 0 amide bonds. The number of ether oxygens (including phenoxy) is 1. The van der Waals surface area contributed by atoms with Crippen molar-refractivity contribution in [2.24, 2.45) is 11.7 Å². The Bertz CT molecular complexity index is 400. The standard InChI is InChI=1S/C13H17NO/c1-8-6-9-2-3-12-10(4-5-15-12)13(9)11(8)7-14/h2-3,8,11H,4-7,14H2,1H3/t8-,11?/m1/s1. The van der Waals surface area contributed by atoms with E-state index in [-0.39, 0.29) is 0 Å². The average molecular weight is 203 g/mol. The van der Waals surface area contributed by atoms with Crippen molar-refractivity contribution in [1.29, 1.82) is 0 Å². The number of fused-ring (bicyclic) bond motifs is 3. The molecule has 1 aromatic carbocycles. The molecule has 1 heterocycles. The van der Waals surface area contributed by atoms with Crippen LogP contribution in [0.3, 0.4) is 0 Å². The van der Waals surface area contributed by atoms with Gasteiger partial charge in [0.05, 0.1) is 6.61 Å². The fourth-order valence-electron chi connectivity index (χ4n) is 3.11. The van der Waals surface area contributed by atoms with E-state index in [1.54, 1.807) is 0 Å². The molecule has 0 aromatic heterocycles. The Morgan fingerprint density at radius 3 is 3.13 bits per heavy atom. The monoisotopic (exact) mass is 203 g/mol. The first-order valence-electron chi connectivity index (χ1n) is 5.78. The minimum Gasteiger partial charge on any atom is -0.493 e. The lowest BCUT2D eigenvalue weighted by Crippen LogP contribution is -2.16. The van der Waals surface area contributed by atoms with Crippen LogP contribution in [-0.4, -0.2) is 13.2 Å². The maximum atomic E-state index is 5.89. The van der Waals surface area contributed by atoms with Gasteiger partial charge in [-0.1, -0.05) is 13.0 Å². The van der Waals surface area contributed by atoms with E-state index >= 15 is 0 Å². The lowest BCUT2D eigenvalue weighted by Gasteiger charge is -2.16. The lowest BCUT2D eigenvalue weighted by molar-refractivity contribution is 0.357. The van der Waals surface area contributed by atoms with Crippen LogP contribution in [0.2, 0.25) is 0 Å². The fourth-order valence-corrected chi connectivity index (χ4v) is 3.11. The molecule has 80 valence electrons. The fraction of sp³-hybridized carbons (Fsp3) is 0.538. The number of nitrogens with two attached hydrogens (primary N) is 1. The van der Waals surface area contributed by atoms with Crippen LogP contribution in [0, 0.1) is 5.92 Å². The van der Waals surface area contributed by atoms with Gasteiger partial charge in [-0.3, -0.25) is 0 Å². The third-order valence-electron chi connectivity index (χ3n) is 3.87. The van der Waals surface area contributed by atoms with Crippen LogP contribution in [0.25, 0.3) is 0 Å². The van der Waals surface area contributed by atoms with Gasteiger partial charge in [0.25, 0.3) is 0 Å². The summed E-state index contributed by atoms with van der Waals surface area (Å²) >= 11 is 0. The van der Waals surface area contributed by atoms with Gasteiger partial charge in [-0.25, -0.2) is 0 Å². The highest BCUT2D eigenvalue weighted by Crippen LogP contribution is 2.43. The van der Waals surface area contributed by atoms with Gasteiger partial charge < -0.3 is 10.5 Å². The molecule has 1 aromatic rings. The van der Waals surface area contributed by atoms with Crippen molar-refractivity contribution in [2.75, 3.05) is 13.2 Å². The maximum absolute atomic E-state index is 5.89. The molecule has 1 aliphatic heterocycles. The van der Waals surface area contributed by atoms with Crippen LogP contribution in [-0.2, 0) is 12.8 Å². The average Bonchev–Trinajstić information content (AvgIpc) is 2.78. The minimum absolute atomic E-state index is 0.552. The number of hydrogen-bond acceptors (Lipinski definition) is 2. The topological polar surface area (TPSA) is 35.2 Å². The molecule has 2 heteroatoms. The number of hydrogen-bond donors (Lipinski definition) is 1. The van der Waals surface area contributed by atoms with E-state index in [9.17, 15) is 0 Å². The van der Waals surface area contributed by atoms with Crippen molar-refractivity contribution in [3.8, 4) is 5.75 Å². The first-order chi connectivity index (χ1) is 7.31. The first-order valence-corrected chi connectivity index (χ1v) is 5.78. The SMILES string of the molecule is C[C@@H]1Cc2ccc3c(c2C1CN)CCO3. The van der Waals surface area contributed by atoms with Crippen molar-refractivity contribution >= 4 is 0 Å².